The molecule has 9 heteroatoms. The number of carboxylic acids is 1. The molecule has 0 aliphatic rings. The Kier molecular flexibility index (Phi) is 8.18. The smallest absolute Gasteiger partial charge is 0.305 e. The maximum absolute atomic E-state index is 12.5. The number of carboxylic acid groups (broad SMARTS) is 1. The average Bonchev–Trinajstić information content (AvgIpc) is 2.78. The Labute approximate surface area is 200 Å². The maximum atomic E-state index is 12.5. The standard InChI is InChI=1S/C24H19Cl2N3O4/c25-18-13-27-14-19(26)23(18)24(33)28-17-9-7-16(8-10-17)20(12-22(31)32)29-21(30)11-6-15-4-2-1-3-5-15/h1-11,13-14,20H,12H2,(H,28,33)(H,29,30)(H,31,32)/b11-6+. The summed E-state index contributed by atoms with van der Waals surface area (Å²) in [6.45, 7) is 0. The molecule has 1 unspecified atom stereocenters. The summed E-state index contributed by atoms with van der Waals surface area (Å²) in [5.41, 5.74) is 1.95. The molecule has 3 rings (SSSR count). The summed E-state index contributed by atoms with van der Waals surface area (Å²) >= 11 is 12.0. The van der Waals surface area contributed by atoms with Gasteiger partial charge >= 0.3 is 5.97 Å². The highest BCUT2D eigenvalue weighted by Gasteiger charge is 2.18. The summed E-state index contributed by atoms with van der Waals surface area (Å²) in [4.78, 5) is 40.0. The van der Waals surface area contributed by atoms with Crippen LogP contribution in [0.5, 0.6) is 0 Å². The van der Waals surface area contributed by atoms with Crippen LogP contribution >= 0.6 is 23.2 Å². The van der Waals surface area contributed by atoms with Crippen LogP contribution in [0.2, 0.25) is 10.0 Å². The summed E-state index contributed by atoms with van der Waals surface area (Å²) in [7, 11) is 0. The highest BCUT2D eigenvalue weighted by molar-refractivity contribution is 6.40. The van der Waals surface area contributed by atoms with Crippen LogP contribution in [0.4, 0.5) is 5.69 Å². The number of carbonyl (C=O) groups excluding carboxylic acids is 2. The lowest BCUT2D eigenvalue weighted by molar-refractivity contribution is -0.137. The van der Waals surface area contributed by atoms with Gasteiger partial charge in [0.15, 0.2) is 0 Å². The van der Waals surface area contributed by atoms with E-state index in [0.717, 1.165) is 5.56 Å². The van der Waals surface area contributed by atoms with Crippen molar-refractivity contribution in [2.75, 3.05) is 5.32 Å². The molecule has 0 saturated carbocycles. The van der Waals surface area contributed by atoms with E-state index in [4.69, 9.17) is 23.2 Å². The zero-order chi connectivity index (χ0) is 23.8. The SMILES string of the molecule is O=C(O)CC(NC(=O)/C=C/c1ccccc1)c1ccc(NC(=O)c2c(Cl)cncc2Cl)cc1. The van der Waals surface area contributed by atoms with Crippen molar-refractivity contribution in [2.45, 2.75) is 12.5 Å². The fourth-order valence-electron chi connectivity index (χ4n) is 3.00. The summed E-state index contributed by atoms with van der Waals surface area (Å²) in [6, 6.07) is 14.9. The number of hydrogen-bond donors (Lipinski definition) is 3. The molecule has 0 radical (unpaired) electrons. The van der Waals surface area contributed by atoms with Crippen molar-refractivity contribution in [3.8, 4) is 0 Å². The highest BCUT2D eigenvalue weighted by atomic mass is 35.5. The van der Waals surface area contributed by atoms with Gasteiger partial charge in [0.25, 0.3) is 5.91 Å². The summed E-state index contributed by atoms with van der Waals surface area (Å²) in [5, 5.41) is 14.9. The molecule has 168 valence electrons. The molecule has 3 aromatic rings. The molecule has 2 amide bonds. The van der Waals surface area contributed by atoms with Gasteiger partial charge in [-0.2, -0.15) is 0 Å². The van der Waals surface area contributed by atoms with Gasteiger partial charge in [0.05, 0.1) is 28.1 Å². The molecule has 0 bridgehead atoms. The van der Waals surface area contributed by atoms with Crippen LogP contribution in [-0.2, 0) is 9.59 Å². The number of benzene rings is 2. The Hall–Kier alpha value is -3.68. The van der Waals surface area contributed by atoms with E-state index >= 15 is 0 Å². The molecule has 33 heavy (non-hydrogen) atoms. The molecule has 0 aliphatic heterocycles. The molecule has 0 saturated heterocycles. The number of carbonyl (C=O) groups is 3. The first-order valence-corrected chi connectivity index (χ1v) is 10.5. The second-order valence-corrected chi connectivity index (χ2v) is 7.77. The molecule has 1 atom stereocenters. The number of amides is 2. The van der Waals surface area contributed by atoms with Gasteiger partial charge in [0.1, 0.15) is 0 Å². The number of halogens is 2. The minimum atomic E-state index is -1.06. The van der Waals surface area contributed by atoms with E-state index in [1.54, 1.807) is 30.3 Å². The predicted molar refractivity (Wildman–Crippen MR) is 127 cm³/mol. The molecule has 2 aromatic carbocycles. The van der Waals surface area contributed by atoms with E-state index in [0.29, 0.717) is 11.3 Å². The van der Waals surface area contributed by atoms with Crippen molar-refractivity contribution in [1.82, 2.24) is 10.3 Å². The average molecular weight is 484 g/mol. The number of aromatic nitrogens is 1. The van der Waals surface area contributed by atoms with E-state index in [2.05, 4.69) is 15.6 Å². The van der Waals surface area contributed by atoms with Gasteiger partial charge in [-0.1, -0.05) is 65.7 Å². The minimum Gasteiger partial charge on any atom is -0.481 e. The lowest BCUT2D eigenvalue weighted by atomic mass is 10.0. The van der Waals surface area contributed by atoms with Gasteiger partial charge in [-0.15, -0.1) is 0 Å². The number of aliphatic carboxylic acids is 1. The molecular weight excluding hydrogens is 465 g/mol. The van der Waals surface area contributed by atoms with E-state index in [1.807, 2.05) is 30.3 Å². The molecule has 1 aromatic heterocycles. The van der Waals surface area contributed by atoms with Crippen molar-refractivity contribution in [1.29, 1.82) is 0 Å². The number of anilines is 1. The zero-order valence-electron chi connectivity index (χ0n) is 17.2. The van der Waals surface area contributed by atoms with Crippen LogP contribution in [0.3, 0.4) is 0 Å². The number of nitrogens with one attached hydrogen (secondary N) is 2. The van der Waals surface area contributed by atoms with Crippen molar-refractivity contribution >= 4 is 52.7 Å². The minimum absolute atomic E-state index is 0.0960. The Morgan fingerprint density at radius 2 is 1.61 bits per heavy atom. The van der Waals surface area contributed by atoms with Gasteiger partial charge in [0.2, 0.25) is 5.91 Å². The monoisotopic (exact) mass is 483 g/mol. The lowest BCUT2D eigenvalue weighted by Gasteiger charge is -2.17. The first-order valence-electron chi connectivity index (χ1n) is 9.79. The van der Waals surface area contributed by atoms with E-state index in [1.165, 1.54) is 18.5 Å². The largest absolute Gasteiger partial charge is 0.481 e. The number of rotatable bonds is 8. The fourth-order valence-corrected chi connectivity index (χ4v) is 3.54. The van der Waals surface area contributed by atoms with E-state index in [9.17, 15) is 19.5 Å². The fraction of sp³-hybridized carbons (Fsp3) is 0.0833. The van der Waals surface area contributed by atoms with Gasteiger partial charge in [-0.05, 0) is 29.3 Å². The first kappa shape index (κ1) is 24.0. The van der Waals surface area contributed by atoms with E-state index in [-0.39, 0.29) is 22.0 Å². The normalized spacial score (nSPS) is 11.7. The van der Waals surface area contributed by atoms with Gasteiger partial charge in [-0.25, -0.2) is 0 Å². The summed E-state index contributed by atoms with van der Waals surface area (Å²) in [6.07, 6.45) is 5.31. The summed E-state index contributed by atoms with van der Waals surface area (Å²) < 4.78 is 0. The van der Waals surface area contributed by atoms with Crippen molar-refractivity contribution < 1.29 is 19.5 Å². The number of hydrogen-bond acceptors (Lipinski definition) is 4. The second kappa shape index (κ2) is 11.3. The topological polar surface area (TPSA) is 108 Å². The van der Waals surface area contributed by atoms with Crippen LogP contribution < -0.4 is 10.6 Å². The predicted octanol–water partition coefficient (Wildman–Crippen LogP) is 4.99. The second-order valence-electron chi connectivity index (χ2n) is 6.96. The third-order valence-corrected chi connectivity index (χ3v) is 5.15. The van der Waals surface area contributed by atoms with Gasteiger partial charge in [0, 0.05) is 24.2 Å². The Bertz CT molecular complexity index is 1160. The third kappa shape index (κ3) is 6.90. The third-order valence-electron chi connectivity index (χ3n) is 4.57. The van der Waals surface area contributed by atoms with Crippen molar-refractivity contribution in [3.05, 3.63) is 99.8 Å². The molecule has 3 N–H and O–H groups in total. The van der Waals surface area contributed by atoms with Crippen LogP contribution in [0.25, 0.3) is 6.08 Å². The van der Waals surface area contributed by atoms with Crippen LogP contribution in [0.1, 0.15) is 33.9 Å². The Morgan fingerprint density at radius 1 is 0.970 bits per heavy atom. The van der Waals surface area contributed by atoms with Crippen LogP contribution in [-0.4, -0.2) is 27.9 Å². The molecule has 0 spiro atoms. The highest BCUT2D eigenvalue weighted by Crippen LogP contribution is 2.25. The molecule has 0 fully saturated rings. The zero-order valence-corrected chi connectivity index (χ0v) is 18.7. The Morgan fingerprint density at radius 3 is 2.21 bits per heavy atom. The lowest BCUT2D eigenvalue weighted by Crippen LogP contribution is -2.28. The van der Waals surface area contributed by atoms with Crippen molar-refractivity contribution in [3.63, 3.8) is 0 Å². The Balaban J connectivity index is 1.71. The molecule has 7 nitrogen and oxygen atoms in total. The number of pyridine rings is 1. The molecule has 1 heterocycles. The van der Waals surface area contributed by atoms with Crippen LogP contribution in [0.15, 0.2) is 73.1 Å². The summed E-state index contributed by atoms with van der Waals surface area (Å²) in [5.74, 6) is -2.00. The van der Waals surface area contributed by atoms with Crippen molar-refractivity contribution in [2.24, 2.45) is 0 Å². The molecule has 0 aliphatic carbocycles. The quantitative estimate of drug-likeness (QED) is 0.391. The molecular formula is C24H19Cl2N3O4. The van der Waals surface area contributed by atoms with Gasteiger partial charge in [-0.3, -0.25) is 19.4 Å². The van der Waals surface area contributed by atoms with Gasteiger partial charge < -0.3 is 15.7 Å². The van der Waals surface area contributed by atoms with E-state index < -0.39 is 23.8 Å². The first-order chi connectivity index (χ1) is 15.8. The van der Waals surface area contributed by atoms with Crippen LogP contribution in [0, 0.1) is 0 Å². The number of nitrogens with zero attached hydrogens (tertiary/aromatic N) is 1. The maximum Gasteiger partial charge on any atom is 0.305 e.